The molecule has 0 aliphatic rings. The van der Waals surface area contributed by atoms with Gasteiger partial charge in [0.1, 0.15) is 0 Å². The lowest BCUT2D eigenvalue weighted by molar-refractivity contribution is 0.0356. The van der Waals surface area contributed by atoms with Crippen LogP contribution in [0.15, 0.2) is 84.9 Å². The van der Waals surface area contributed by atoms with Crippen LogP contribution in [0, 0.1) is 0 Å². The number of rotatable bonds is 4. The van der Waals surface area contributed by atoms with Gasteiger partial charge in [0.25, 0.3) is 0 Å². The van der Waals surface area contributed by atoms with Crippen molar-refractivity contribution in [3.8, 4) is 0 Å². The summed E-state index contributed by atoms with van der Waals surface area (Å²) < 4.78 is 9.66. The van der Waals surface area contributed by atoms with Gasteiger partial charge in [0.2, 0.25) is 0 Å². The molecular formula is C22H14O6. The predicted octanol–water partition coefficient (Wildman–Crippen LogP) is 3.68. The minimum Gasteiger partial charge on any atom is -0.386 e. The van der Waals surface area contributed by atoms with E-state index < -0.39 is 23.9 Å². The van der Waals surface area contributed by atoms with Crippen LogP contribution >= 0.6 is 0 Å². The lowest BCUT2D eigenvalue weighted by Gasteiger charge is -2.08. The molecule has 138 valence electrons. The van der Waals surface area contributed by atoms with E-state index in [1.807, 2.05) is 0 Å². The van der Waals surface area contributed by atoms with Crippen LogP contribution in [0.3, 0.4) is 0 Å². The molecule has 0 bridgehead atoms. The quantitative estimate of drug-likeness (QED) is 0.511. The summed E-state index contributed by atoms with van der Waals surface area (Å²) in [7, 11) is 0. The lowest BCUT2D eigenvalue weighted by Crippen LogP contribution is -2.19. The largest absolute Gasteiger partial charge is 0.386 e. The Morgan fingerprint density at radius 3 is 1.11 bits per heavy atom. The molecule has 0 spiro atoms. The summed E-state index contributed by atoms with van der Waals surface area (Å²) in [6.45, 7) is 0. The first kappa shape index (κ1) is 18.7. The average Bonchev–Trinajstić information content (AvgIpc) is 2.74. The average molecular weight is 374 g/mol. The Kier molecular flexibility index (Phi) is 5.72. The fraction of sp³-hybridized carbons (Fsp3) is 0. The molecule has 3 aromatic rings. The van der Waals surface area contributed by atoms with Crippen LogP contribution in [0.4, 0.5) is 0 Å². The molecule has 3 rings (SSSR count). The first-order valence-electron chi connectivity index (χ1n) is 8.28. The molecule has 0 aliphatic heterocycles. The molecule has 6 nitrogen and oxygen atoms in total. The Balaban J connectivity index is 1.77. The van der Waals surface area contributed by atoms with Gasteiger partial charge < -0.3 is 9.47 Å². The van der Waals surface area contributed by atoms with Gasteiger partial charge in [0, 0.05) is 0 Å². The summed E-state index contributed by atoms with van der Waals surface area (Å²) in [6.07, 6.45) is 0. The molecule has 0 saturated carbocycles. The highest BCUT2D eigenvalue weighted by atomic mass is 16.6. The van der Waals surface area contributed by atoms with Crippen LogP contribution in [-0.2, 0) is 9.47 Å². The second-order valence-electron chi connectivity index (χ2n) is 5.63. The summed E-state index contributed by atoms with van der Waals surface area (Å²) >= 11 is 0. The number of carbonyl (C=O) groups excluding carboxylic acids is 4. The highest BCUT2D eigenvalue weighted by molar-refractivity contribution is 6.10. The number of carbonyl (C=O) groups is 4. The molecule has 0 radical (unpaired) electrons. The van der Waals surface area contributed by atoms with Gasteiger partial charge in [0.05, 0.1) is 22.3 Å². The van der Waals surface area contributed by atoms with Crippen molar-refractivity contribution in [2.75, 3.05) is 0 Å². The van der Waals surface area contributed by atoms with Crippen molar-refractivity contribution in [3.63, 3.8) is 0 Å². The van der Waals surface area contributed by atoms with Gasteiger partial charge in [-0.05, 0) is 36.4 Å². The van der Waals surface area contributed by atoms with Gasteiger partial charge in [-0.25, -0.2) is 19.2 Å². The Bertz CT molecular complexity index is 941. The van der Waals surface area contributed by atoms with Gasteiger partial charge in [-0.1, -0.05) is 48.5 Å². The fourth-order valence-electron chi connectivity index (χ4n) is 2.38. The summed E-state index contributed by atoms with van der Waals surface area (Å²) in [5.74, 6) is -3.75. The zero-order valence-electron chi connectivity index (χ0n) is 14.5. The number of ether oxygens (including phenoxy) is 2. The normalized spacial score (nSPS) is 10.0. The maximum absolute atomic E-state index is 12.4. The van der Waals surface area contributed by atoms with Crippen molar-refractivity contribution < 1.29 is 28.7 Å². The molecule has 0 fully saturated rings. The predicted molar refractivity (Wildman–Crippen MR) is 98.8 cm³/mol. The van der Waals surface area contributed by atoms with E-state index in [-0.39, 0.29) is 22.3 Å². The van der Waals surface area contributed by atoms with Gasteiger partial charge >= 0.3 is 23.9 Å². The first-order valence-corrected chi connectivity index (χ1v) is 8.28. The van der Waals surface area contributed by atoms with Crippen molar-refractivity contribution in [1.29, 1.82) is 0 Å². The third kappa shape index (κ3) is 4.37. The van der Waals surface area contributed by atoms with Crippen molar-refractivity contribution in [1.82, 2.24) is 0 Å². The van der Waals surface area contributed by atoms with Crippen LogP contribution in [0.2, 0.25) is 0 Å². The SMILES string of the molecule is O=C(OC(=O)c1ccccc1C(=O)OC(=O)c1ccccc1)c1ccccc1. The molecule has 28 heavy (non-hydrogen) atoms. The second-order valence-corrected chi connectivity index (χ2v) is 5.63. The molecule has 3 aromatic carbocycles. The molecule has 0 unspecified atom stereocenters. The molecule has 0 saturated heterocycles. The second kappa shape index (κ2) is 8.55. The summed E-state index contributed by atoms with van der Waals surface area (Å²) in [5, 5.41) is 0. The monoisotopic (exact) mass is 374 g/mol. The Morgan fingerprint density at radius 2 is 0.750 bits per heavy atom. The molecule has 0 amide bonds. The Labute approximate surface area is 160 Å². The van der Waals surface area contributed by atoms with Crippen molar-refractivity contribution >= 4 is 23.9 Å². The van der Waals surface area contributed by atoms with Crippen molar-refractivity contribution in [3.05, 3.63) is 107 Å². The van der Waals surface area contributed by atoms with Gasteiger partial charge in [0.15, 0.2) is 0 Å². The van der Waals surface area contributed by atoms with E-state index in [1.165, 1.54) is 48.5 Å². The Hall–Kier alpha value is -4.06. The van der Waals surface area contributed by atoms with E-state index in [0.29, 0.717) is 0 Å². The number of hydrogen-bond acceptors (Lipinski definition) is 6. The maximum atomic E-state index is 12.4. The van der Waals surface area contributed by atoms with E-state index in [4.69, 9.17) is 9.47 Å². The van der Waals surface area contributed by atoms with Crippen LogP contribution in [-0.4, -0.2) is 23.9 Å². The number of esters is 4. The summed E-state index contributed by atoms with van der Waals surface area (Å²) in [4.78, 5) is 48.9. The van der Waals surface area contributed by atoms with E-state index in [2.05, 4.69) is 0 Å². The fourth-order valence-corrected chi connectivity index (χ4v) is 2.38. The zero-order valence-corrected chi connectivity index (χ0v) is 14.5. The van der Waals surface area contributed by atoms with E-state index >= 15 is 0 Å². The highest BCUT2D eigenvalue weighted by Gasteiger charge is 2.23. The first-order chi connectivity index (χ1) is 13.6. The topological polar surface area (TPSA) is 86.7 Å². The minimum atomic E-state index is -1.02. The minimum absolute atomic E-state index is 0.183. The molecular weight excluding hydrogens is 360 g/mol. The van der Waals surface area contributed by atoms with Crippen LogP contribution < -0.4 is 0 Å². The summed E-state index contributed by atoms with van der Waals surface area (Å²) in [5.41, 5.74) is 0.0145. The third-order valence-electron chi connectivity index (χ3n) is 3.76. The van der Waals surface area contributed by atoms with E-state index in [0.717, 1.165) is 0 Å². The van der Waals surface area contributed by atoms with Gasteiger partial charge in [-0.15, -0.1) is 0 Å². The molecule has 0 atom stereocenters. The molecule has 0 aromatic heterocycles. The van der Waals surface area contributed by atoms with E-state index in [1.54, 1.807) is 36.4 Å². The lowest BCUT2D eigenvalue weighted by atomic mass is 10.1. The standard InChI is InChI=1S/C22H14O6/c23-19(15-9-3-1-4-10-15)27-21(25)17-13-7-8-14-18(17)22(26)28-20(24)16-11-5-2-6-12-16/h1-14H. The highest BCUT2D eigenvalue weighted by Crippen LogP contribution is 2.14. The van der Waals surface area contributed by atoms with Crippen LogP contribution in [0.5, 0.6) is 0 Å². The number of benzene rings is 3. The smallest absolute Gasteiger partial charge is 0.346 e. The van der Waals surface area contributed by atoms with Crippen LogP contribution in [0.25, 0.3) is 0 Å². The van der Waals surface area contributed by atoms with E-state index in [9.17, 15) is 19.2 Å². The maximum Gasteiger partial charge on any atom is 0.346 e. The van der Waals surface area contributed by atoms with Crippen molar-refractivity contribution in [2.45, 2.75) is 0 Å². The van der Waals surface area contributed by atoms with Crippen LogP contribution in [0.1, 0.15) is 41.4 Å². The van der Waals surface area contributed by atoms with Gasteiger partial charge in [-0.3, -0.25) is 0 Å². The molecule has 0 N–H and O–H groups in total. The number of hydrogen-bond donors (Lipinski definition) is 0. The molecule has 0 aliphatic carbocycles. The van der Waals surface area contributed by atoms with Crippen molar-refractivity contribution in [2.24, 2.45) is 0 Å². The Morgan fingerprint density at radius 1 is 0.429 bits per heavy atom. The third-order valence-corrected chi connectivity index (χ3v) is 3.76. The zero-order chi connectivity index (χ0) is 19.9. The molecule has 6 heteroatoms. The van der Waals surface area contributed by atoms with Gasteiger partial charge in [-0.2, -0.15) is 0 Å². The summed E-state index contributed by atoms with van der Waals surface area (Å²) in [6, 6.07) is 21.5. The molecule has 0 heterocycles.